The van der Waals surface area contributed by atoms with Crippen LogP contribution < -0.4 is 0 Å². The summed E-state index contributed by atoms with van der Waals surface area (Å²) in [6.07, 6.45) is 12.1. The minimum atomic E-state index is 0.762. The molecular weight excluding hydrogens is 132 g/mol. The molecule has 11 heavy (non-hydrogen) atoms. The van der Waals surface area contributed by atoms with E-state index in [4.69, 9.17) is 0 Å². The Hall–Kier alpha value is -0.520. The molecule has 0 aromatic heterocycles. The maximum Gasteiger partial charge on any atom is -0.0171 e. The zero-order valence-corrected chi connectivity index (χ0v) is 7.42. The predicted octanol–water partition coefficient (Wildman–Crippen LogP) is 3.55. The Labute approximate surface area is 70.0 Å². The molecule has 0 N–H and O–H groups in total. The normalized spacial score (nSPS) is 31.4. The highest BCUT2D eigenvalue weighted by atomic mass is 14.3. The van der Waals surface area contributed by atoms with Crippen molar-refractivity contribution in [3.05, 3.63) is 24.8 Å². The maximum absolute atomic E-state index is 3.87. The van der Waals surface area contributed by atoms with E-state index in [0.29, 0.717) is 0 Å². The van der Waals surface area contributed by atoms with Gasteiger partial charge in [-0.1, -0.05) is 31.6 Å². The summed E-state index contributed by atoms with van der Waals surface area (Å²) in [6.45, 7) is 6.06. The SMILES string of the molecule is C=CC1CCCC1C=CCC. The maximum atomic E-state index is 3.87. The van der Waals surface area contributed by atoms with Gasteiger partial charge >= 0.3 is 0 Å². The van der Waals surface area contributed by atoms with Crippen LogP contribution in [-0.4, -0.2) is 0 Å². The Bertz CT molecular complexity index is 144. The molecule has 0 saturated heterocycles. The largest absolute Gasteiger partial charge is 0.103 e. The molecule has 1 aliphatic carbocycles. The van der Waals surface area contributed by atoms with Gasteiger partial charge in [0, 0.05) is 0 Å². The molecule has 62 valence electrons. The molecule has 1 fully saturated rings. The molecule has 0 aliphatic heterocycles. The average Bonchev–Trinajstić information content (AvgIpc) is 2.47. The molecule has 1 rings (SSSR count). The summed E-state index contributed by atoms with van der Waals surface area (Å²) < 4.78 is 0. The van der Waals surface area contributed by atoms with E-state index in [9.17, 15) is 0 Å². The topological polar surface area (TPSA) is 0 Å². The second-order valence-electron chi connectivity index (χ2n) is 3.33. The van der Waals surface area contributed by atoms with Gasteiger partial charge in [0.15, 0.2) is 0 Å². The van der Waals surface area contributed by atoms with Crippen molar-refractivity contribution in [2.75, 3.05) is 0 Å². The van der Waals surface area contributed by atoms with Crippen molar-refractivity contribution >= 4 is 0 Å². The van der Waals surface area contributed by atoms with Crippen LogP contribution in [0.1, 0.15) is 32.6 Å². The van der Waals surface area contributed by atoms with Crippen LogP contribution in [0.5, 0.6) is 0 Å². The summed E-state index contributed by atoms with van der Waals surface area (Å²) >= 11 is 0. The number of hydrogen-bond acceptors (Lipinski definition) is 0. The molecule has 1 aliphatic rings. The van der Waals surface area contributed by atoms with Gasteiger partial charge in [-0.25, -0.2) is 0 Å². The lowest BCUT2D eigenvalue weighted by Gasteiger charge is -2.09. The van der Waals surface area contributed by atoms with Gasteiger partial charge in [0.05, 0.1) is 0 Å². The van der Waals surface area contributed by atoms with Gasteiger partial charge in [-0.2, -0.15) is 0 Å². The van der Waals surface area contributed by atoms with Crippen molar-refractivity contribution in [2.45, 2.75) is 32.6 Å². The zero-order valence-electron chi connectivity index (χ0n) is 7.42. The van der Waals surface area contributed by atoms with Crippen LogP contribution in [0.3, 0.4) is 0 Å². The summed E-state index contributed by atoms with van der Waals surface area (Å²) in [5.41, 5.74) is 0. The minimum Gasteiger partial charge on any atom is -0.103 e. The molecule has 0 amide bonds. The van der Waals surface area contributed by atoms with Crippen molar-refractivity contribution in [3.8, 4) is 0 Å². The molecule has 0 aromatic rings. The zero-order chi connectivity index (χ0) is 8.10. The third-order valence-corrected chi connectivity index (χ3v) is 2.55. The van der Waals surface area contributed by atoms with E-state index in [0.717, 1.165) is 11.8 Å². The first kappa shape index (κ1) is 8.58. The molecule has 0 heteroatoms. The molecule has 0 radical (unpaired) electrons. The Kier molecular flexibility index (Phi) is 3.41. The highest BCUT2D eigenvalue weighted by Crippen LogP contribution is 2.33. The van der Waals surface area contributed by atoms with Crippen molar-refractivity contribution in [3.63, 3.8) is 0 Å². The number of hydrogen-bond donors (Lipinski definition) is 0. The molecule has 2 atom stereocenters. The molecule has 0 nitrogen and oxygen atoms in total. The van der Waals surface area contributed by atoms with Gasteiger partial charge in [-0.05, 0) is 31.1 Å². The fourth-order valence-electron chi connectivity index (χ4n) is 1.86. The average molecular weight is 150 g/mol. The van der Waals surface area contributed by atoms with E-state index in [1.807, 2.05) is 0 Å². The van der Waals surface area contributed by atoms with Crippen LogP contribution in [-0.2, 0) is 0 Å². The van der Waals surface area contributed by atoms with Crippen molar-refractivity contribution in [1.29, 1.82) is 0 Å². The summed E-state index contributed by atoms with van der Waals surface area (Å²) in [6, 6.07) is 0. The lowest BCUT2D eigenvalue weighted by Crippen LogP contribution is -2.00. The van der Waals surface area contributed by atoms with E-state index in [2.05, 4.69) is 31.7 Å². The third-order valence-electron chi connectivity index (χ3n) is 2.55. The van der Waals surface area contributed by atoms with Crippen molar-refractivity contribution in [1.82, 2.24) is 0 Å². The van der Waals surface area contributed by atoms with Gasteiger partial charge in [-0.3, -0.25) is 0 Å². The first-order valence-electron chi connectivity index (χ1n) is 4.67. The molecule has 2 unspecified atom stereocenters. The van der Waals surface area contributed by atoms with Gasteiger partial charge in [-0.15, -0.1) is 6.58 Å². The summed E-state index contributed by atoms with van der Waals surface area (Å²) in [7, 11) is 0. The first-order valence-corrected chi connectivity index (χ1v) is 4.67. The summed E-state index contributed by atoms with van der Waals surface area (Å²) in [5.74, 6) is 1.56. The molecule has 0 heterocycles. The number of rotatable bonds is 3. The predicted molar refractivity (Wildman–Crippen MR) is 50.5 cm³/mol. The highest BCUT2D eigenvalue weighted by molar-refractivity contribution is 4.99. The standard InChI is InChI=1S/C11H18/c1-3-5-7-11-9-6-8-10(11)4-2/h4-5,7,10-11H,2-3,6,8-9H2,1H3. The minimum absolute atomic E-state index is 0.762. The molecule has 0 aromatic carbocycles. The second kappa shape index (κ2) is 4.38. The Morgan fingerprint density at radius 1 is 1.36 bits per heavy atom. The van der Waals surface area contributed by atoms with E-state index >= 15 is 0 Å². The van der Waals surface area contributed by atoms with Crippen molar-refractivity contribution < 1.29 is 0 Å². The first-order chi connectivity index (χ1) is 5.38. The lowest BCUT2D eigenvalue weighted by atomic mass is 9.96. The molecule has 0 spiro atoms. The van der Waals surface area contributed by atoms with Crippen LogP contribution in [0.2, 0.25) is 0 Å². The fourth-order valence-corrected chi connectivity index (χ4v) is 1.86. The van der Waals surface area contributed by atoms with Crippen LogP contribution >= 0.6 is 0 Å². The Balaban J connectivity index is 2.43. The Morgan fingerprint density at radius 2 is 2.09 bits per heavy atom. The second-order valence-corrected chi connectivity index (χ2v) is 3.33. The highest BCUT2D eigenvalue weighted by Gasteiger charge is 2.21. The van der Waals surface area contributed by atoms with Crippen LogP contribution in [0.15, 0.2) is 24.8 Å². The molecular formula is C11H18. The van der Waals surface area contributed by atoms with Gasteiger partial charge in [0.25, 0.3) is 0 Å². The Morgan fingerprint density at radius 3 is 2.73 bits per heavy atom. The fraction of sp³-hybridized carbons (Fsp3) is 0.636. The van der Waals surface area contributed by atoms with E-state index < -0.39 is 0 Å². The van der Waals surface area contributed by atoms with Gasteiger partial charge in [0.2, 0.25) is 0 Å². The third kappa shape index (κ3) is 2.21. The summed E-state index contributed by atoms with van der Waals surface area (Å²) in [4.78, 5) is 0. The lowest BCUT2D eigenvalue weighted by molar-refractivity contribution is 0.558. The van der Waals surface area contributed by atoms with E-state index in [-0.39, 0.29) is 0 Å². The molecule has 0 bridgehead atoms. The van der Waals surface area contributed by atoms with E-state index in [1.54, 1.807) is 0 Å². The van der Waals surface area contributed by atoms with Crippen molar-refractivity contribution in [2.24, 2.45) is 11.8 Å². The van der Waals surface area contributed by atoms with Crippen LogP contribution in [0.25, 0.3) is 0 Å². The summed E-state index contributed by atoms with van der Waals surface area (Å²) in [5, 5.41) is 0. The monoisotopic (exact) mass is 150 g/mol. The van der Waals surface area contributed by atoms with Gasteiger partial charge < -0.3 is 0 Å². The number of allylic oxidation sites excluding steroid dienone is 3. The molecule has 1 saturated carbocycles. The smallest absolute Gasteiger partial charge is 0.0171 e. The quantitative estimate of drug-likeness (QED) is 0.540. The van der Waals surface area contributed by atoms with Crippen LogP contribution in [0.4, 0.5) is 0 Å². The van der Waals surface area contributed by atoms with E-state index in [1.165, 1.54) is 25.7 Å². The van der Waals surface area contributed by atoms with Gasteiger partial charge in [0.1, 0.15) is 0 Å². The van der Waals surface area contributed by atoms with Crippen LogP contribution in [0, 0.1) is 11.8 Å².